The summed E-state index contributed by atoms with van der Waals surface area (Å²) in [6.07, 6.45) is 3.29. The van der Waals surface area contributed by atoms with Crippen LogP contribution < -0.4 is 4.74 Å². The fourth-order valence-electron chi connectivity index (χ4n) is 2.52. The Hall–Kier alpha value is -2.59. The summed E-state index contributed by atoms with van der Waals surface area (Å²) in [6.45, 7) is 5.83. The molecule has 0 bridgehead atoms. The molecule has 0 spiro atoms. The van der Waals surface area contributed by atoms with Gasteiger partial charge in [-0.05, 0) is 29.2 Å². The summed E-state index contributed by atoms with van der Waals surface area (Å²) in [5.74, 6) is 0.184. The Balaban J connectivity index is 2.16. The molecular weight excluding hydrogens is 316 g/mol. The number of esters is 1. The van der Waals surface area contributed by atoms with E-state index in [1.807, 2.05) is 18.2 Å². The van der Waals surface area contributed by atoms with Gasteiger partial charge in [0.25, 0.3) is 0 Å². The van der Waals surface area contributed by atoms with Crippen molar-refractivity contribution in [1.29, 1.82) is 0 Å². The topological polar surface area (TPSA) is 55.8 Å². The summed E-state index contributed by atoms with van der Waals surface area (Å²) in [7, 11) is 0. The summed E-state index contributed by atoms with van der Waals surface area (Å²) in [6, 6.07) is 14.0. The lowest BCUT2D eigenvalue weighted by Crippen LogP contribution is -2.10. The molecule has 0 aliphatic rings. The van der Waals surface area contributed by atoms with E-state index in [0.717, 1.165) is 35.6 Å². The van der Waals surface area contributed by atoms with Crippen molar-refractivity contribution >= 4 is 5.97 Å². The minimum absolute atomic E-state index is 0.0580. The molecule has 4 heteroatoms. The van der Waals surface area contributed by atoms with Gasteiger partial charge in [-0.25, -0.2) is 4.79 Å². The molecule has 0 radical (unpaired) electrons. The van der Waals surface area contributed by atoms with Gasteiger partial charge < -0.3 is 14.6 Å². The quantitative estimate of drug-likeness (QED) is 0.427. The average Bonchev–Trinajstić information content (AvgIpc) is 2.65. The number of rotatable bonds is 9. The Morgan fingerprint density at radius 3 is 2.48 bits per heavy atom. The second kappa shape index (κ2) is 9.64. The van der Waals surface area contributed by atoms with E-state index in [9.17, 15) is 9.90 Å². The van der Waals surface area contributed by atoms with Crippen LogP contribution in [0.25, 0.3) is 11.1 Å². The van der Waals surface area contributed by atoms with Crippen LogP contribution in [-0.2, 0) is 22.6 Å². The smallest absolute Gasteiger partial charge is 0.330 e. The van der Waals surface area contributed by atoms with E-state index in [0.29, 0.717) is 5.75 Å². The molecular formula is C21H24O4. The third-order valence-corrected chi connectivity index (χ3v) is 3.78. The highest BCUT2D eigenvalue weighted by Crippen LogP contribution is 2.31. The lowest BCUT2D eigenvalue weighted by molar-refractivity contribution is -0.138. The van der Waals surface area contributed by atoms with Crippen molar-refractivity contribution in [2.75, 3.05) is 13.2 Å². The van der Waals surface area contributed by atoms with Gasteiger partial charge in [-0.3, -0.25) is 0 Å². The van der Waals surface area contributed by atoms with Gasteiger partial charge in [0.15, 0.2) is 0 Å². The van der Waals surface area contributed by atoms with Crippen molar-refractivity contribution in [3.05, 3.63) is 66.2 Å². The van der Waals surface area contributed by atoms with Crippen LogP contribution in [0.2, 0.25) is 0 Å². The molecule has 2 rings (SSSR count). The van der Waals surface area contributed by atoms with Gasteiger partial charge >= 0.3 is 5.97 Å². The molecule has 0 unspecified atom stereocenters. The summed E-state index contributed by atoms with van der Waals surface area (Å²) in [5.41, 5.74) is 4.05. The van der Waals surface area contributed by atoms with E-state index in [-0.39, 0.29) is 19.8 Å². The van der Waals surface area contributed by atoms with Gasteiger partial charge in [-0.15, -0.1) is 0 Å². The number of aryl methyl sites for hydroxylation is 1. The number of benzene rings is 2. The van der Waals surface area contributed by atoms with Crippen LogP contribution in [0.5, 0.6) is 5.75 Å². The van der Waals surface area contributed by atoms with Crippen molar-refractivity contribution in [2.24, 2.45) is 0 Å². The molecule has 0 aliphatic heterocycles. The Labute approximate surface area is 148 Å². The number of hydrogen-bond acceptors (Lipinski definition) is 4. The summed E-state index contributed by atoms with van der Waals surface area (Å²) < 4.78 is 10.7. The Bertz CT molecular complexity index is 704. The maximum absolute atomic E-state index is 11.1. The van der Waals surface area contributed by atoms with Crippen LogP contribution in [0.3, 0.4) is 0 Å². The molecule has 132 valence electrons. The molecule has 0 aliphatic carbocycles. The van der Waals surface area contributed by atoms with Gasteiger partial charge in [0.05, 0.1) is 6.61 Å². The first-order chi connectivity index (χ1) is 12.2. The van der Waals surface area contributed by atoms with Crippen LogP contribution >= 0.6 is 0 Å². The minimum atomic E-state index is -0.473. The molecule has 4 nitrogen and oxygen atoms in total. The lowest BCUT2D eigenvalue weighted by atomic mass is 10.00. The predicted molar refractivity (Wildman–Crippen MR) is 98.4 cm³/mol. The highest BCUT2D eigenvalue weighted by molar-refractivity contribution is 5.81. The van der Waals surface area contributed by atoms with Gasteiger partial charge in [0, 0.05) is 11.6 Å². The third-order valence-electron chi connectivity index (χ3n) is 3.78. The highest BCUT2D eigenvalue weighted by atomic mass is 16.6. The monoisotopic (exact) mass is 340 g/mol. The van der Waals surface area contributed by atoms with E-state index in [4.69, 9.17) is 9.47 Å². The predicted octanol–water partition coefficient (Wildman–Crippen LogP) is 3.91. The minimum Gasteiger partial charge on any atom is -0.489 e. The van der Waals surface area contributed by atoms with E-state index in [1.54, 1.807) is 0 Å². The molecule has 2 aromatic carbocycles. The van der Waals surface area contributed by atoms with Crippen molar-refractivity contribution < 1.29 is 19.4 Å². The number of carbonyl (C=O) groups is 1. The van der Waals surface area contributed by atoms with Crippen LogP contribution in [-0.4, -0.2) is 24.3 Å². The Morgan fingerprint density at radius 2 is 1.84 bits per heavy atom. The van der Waals surface area contributed by atoms with E-state index >= 15 is 0 Å². The second-order valence-corrected chi connectivity index (χ2v) is 5.66. The Kier molecular flexibility index (Phi) is 7.23. The van der Waals surface area contributed by atoms with Crippen LogP contribution in [0.4, 0.5) is 0 Å². The summed E-state index contributed by atoms with van der Waals surface area (Å²) in [5, 5.41) is 9.36. The van der Waals surface area contributed by atoms with Crippen LogP contribution in [0.15, 0.2) is 55.1 Å². The molecule has 0 fully saturated rings. The van der Waals surface area contributed by atoms with E-state index < -0.39 is 5.97 Å². The molecule has 0 amide bonds. The van der Waals surface area contributed by atoms with Crippen LogP contribution in [0, 0.1) is 0 Å². The highest BCUT2D eigenvalue weighted by Gasteiger charge is 2.09. The fraction of sp³-hybridized carbons (Fsp3) is 0.286. The lowest BCUT2D eigenvalue weighted by Gasteiger charge is -2.13. The molecule has 0 heterocycles. The second-order valence-electron chi connectivity index (χ2n) is 5.66. The standard InChI is InChI=1S/C21H24O4/c1-3-5-16-6-9-18(10-7-16)19-11-8-17(15-22)14-20(19)24-12-13-25-21(23)4-2/h4,6-11,14,22H,2-3,5,12-13,15H2,1H3. The number of aliphatic hydroxyl groups excluding tert-OH is 1. The molecule has 25 heavy (non-hydrogen) atoms. The van der Waals surface area contributed by atoms with Gasteiger partial charge in [-0.2, -0.15) is 0 Å². The third kappa shape index (κ3) is 5.47. The van der Waals surface area contributed by atoms with Crippen molar-refractivity contribution in [1.82, 2.24) is 0 Å². The number of ether oxygens (including phenoxy) is 2. The summed E-state index contributed by atoms with van der Waals surface area (Å²) >= 11 is 0. The number of carbonyl (C=O) groups excluding carboxylic acids is 1. The van der Waals surface area contributed by atoms with Crippen molar-refractivity contribution in [2.45, 2.75) is 26.4 Å². The van der Waals surface area contributed by atoms with Gasteiger partial charge in [0.2, 0.25) is 0 Å². The average molecular weight is 340 g/mol. The largest absolute Gasteiger partial charge is 0.489 e. The summed E-state index contributed by atoms with van der Waals surface area (Å²) in [4.78, 5) is 11.1. The molecule has 0 aromatic heterocycles. The zero-order chi connectivity index (χ0) is 18.1. The van der Waals surface area contributed by atoms with Crippen molar-refractivity contribution in [3.8, 4) is 16.9 Å². The first kappa shape index (κ1) is 18.7. The number of aliphatic hydroxyl groups is 1. The Morgan fingerprint density at radius 1 is 1.12 bits per heavy atom. The van der Waals surface area contributed by atoms with Crippen molar-refractivity contribution in [3.63, 3.8) is 0 Å². The van der Waals surface area contributed by atoms with Gasteiger partial charge in [-0.1, -0.05) is 56.3 Å². The molecule has 0 saturated carbocycles. The molecule has 2 aromatic rings. The maximum Gasteiger partial charge on any atom is 0.330 e. The zero-order valence-electron chi connectivity index (χ0n) is 14.5. The van der Waals surface area contributed by atoms with Gasteiger partial charge in [0.1, 0.15) is 19.0 Å². The first-order valence-electron chi connectivity index (χ1n) is 8.43. The normalized spacial score (nSPS) is 10.3. The fourth-order valence-corrected chi connectivity index (χ4v) is 2.52. The molecule has 0 saturated heterocycles. The van der Waals surface area contributed by atoms with E-state index in [1.165, 1.54) is 5.56 Å². The van der Waals surface area contributed by atoms with E-state index in [2.05, 4.69) is 37.8 Å². The maximum atomic E-state index is 11.1. The first-order valence-corrected chi connectivity index (χ1v) is 8.43. The van der Waals surface area contributed by atoms with Crippen LogP contribution in [0.1, 0.15) is 24.5 Å². The number of hydrogen-bond donors (Lipinski definition) is 1. The SMILES string of the molecule is C=CC(=O)OCCOc1cc(CO)ccc1-c1ccc(CCC)cc1. The molecule has 0 atom stereocenters. The zero-order valence-corrected chi connectivity index (χ0v) is 14.5. The molecule has 1 N–H and O–H groups in total.